The maximum Gasteiger partial charge on any atom is 0.405 e. The normalized spacial score (nSPS) is 18.8. The van der Waals surface area contributed by atoms with E-state index in [1.54, 1.807) is 12.1 Å². The third-order valence-electron chi connectivity index (χ3n) is 5.29. The molecule has 1 aliphatic carbocycles. The van der Waals surface area contributed by atoms with Gasteiger partial charge in [0.1, 0.15) is 23.3 Å². The van der Waals surface area contributed by atoms with Crippen LogP contribution in [0, 0.1) is 5.92 Å². The van der Waals surface area contributed by atoms with Crippen molar-refractivity contribution < 1.29 is 27.4 Å². The highest BCUT2D eigenvalue weighted by atomic mass is 35.5. The summed E-state index contributed by atoms with van der Waals surface area (Å²) >= 11 is 6.39. The monoisotopic (exact) mass is 471 g/mol. The summed E-state index contributed by atoms with van der Waals surface area (Å²) in [5.41, 5.74) is 0.801. The van der Waals surface area contributed by atoms with Crippen molar-refractivity contribution in [1.82, 2.24) is 15.0 Å². The molecule has 0 spiro atoms. The Bertz CT molecular complexity index is 1110. The molecule has 2 atom stereocenters. The van der Waals surface area contributed by atoms with E-state index in [1.165, 1.54) is 13.3 Å². The third kappa shape index (κ3) is 4.99. The molecule has 0 amide bonds. The van der Waals surface area contributed by atoms with E-state index in [0.717, 1.165) is 12.8 Å². The summed E-state index contributed by atoms with van der Waals surface area (Å²) in [6, 6.07) is 3.37. The number of rotatable bonds is 7. The topological polar surface area (TPSA) is 105 Å². The molecule has 0 bridgehead atoms. The Morgan fingerprint density at radius 2 is 2.09 bits per heavy atom. The number of hydrogen-bond acceptors (Lipinski definition) is 8. The number of halogens is 4. The second kappa shape index (κ2) is 8.99. The molecule has 0 radical (unpaired) electrons. The van der Waals surface area contributed by atoms with Crippen molar-refractivity contribution in [3.63, 3.8) is 0 Å². The van der Waals surface area contributed by atoms with Gasteiger partial charge in [-0.05, 0) is 31.2 Å². The molecule has 172 valence electrons. The Kier molecular flexibility index (Phi) is 6.29. The van der Waals surface area contributed by atoms with Gasteiger partial charge in [0.15, 0.2) is 5.58 Å². The highest BCUT2D eigenvalue weighted by Gasteiger charge is 2.29. The quantitative estimate of drug-likeness (QED) is 0.433. The Balaban J connectivity index is 1.72. The number of nitrogens with zero attached hydrogens (tertiary/aromatic N) is 3. The lowest BCUT2D eigenvalue weighted by Crippen LogP contribution is -2.23. The fourth-order valence-electron chi connectivity index (χ4n) is 3.74. The minimum Gasteiger partial charge on any atom is -0.481 e. The summed E-state index contributed by atoms with van der Waals surface area (Å²) in [5, 5.41) is 15.5. The number of aliphatic hydroxyl groups excluding tert-OH is 1. The molecular weight excluding hydrogens is 451 g/mol. The average Bonchev–Trinajstić information content (AvgIpc) is 3.37. The smallest absolute Gasteiger partial charge is 0.405 e. The van der Waals surface area contributed by atoms with Crippen LogP contribution >= 0.6 is 11.6 Å². The van der Waals surface area contributed by atoms with E-state index in [2.05, 4.69) is 25.6 Å². The van der Waals surface area contributed by atoms with Crippen LogP contribution in [0.25, 0.3) is 22.3 Å². The number of hydrogen-bond donors (Lipinski definition) is 3. The number of fused-ring (bicyclic) bond motifs is 1. The number of ether oxygens (including phenoxy) is 1. The average molecular weight is 472 g/mol. The number of aliphatic hydroxyl groups is 1. The van der Waals surface area contributed by atoms with Crippen LogP contribution < -0.4 is 15.4 Å². The van der Waals surface area contributed by atoms with Crippen molar-refractivity contribution >= 4 is 34.3 Å². The fraction of sp³-hybridized carbons (Fsp3) is 0.450. The van der Waals surface area contributed by atoms with Gasteiger partial charge in [-0.25, -0.2) is 9.97 Å². The van der Waals surface area contributed by atoms with Crippen molar-refractivity contribution in [3.05, 3.63) is 23.5 Å². The summed E-state index contributed by atoms with van der Waals surface area (Å²) < 4.78 is 49.0. The number of furan rings is 1. The zero-order valence-corrected chi connectivity index (χ0v) is 17.8. The molecule has 1 saturated carbocycles. The highest BCUT2D eigenvalue weighted by Crippen LogP contribution is 2.39. The van der Waals surface area contributed by atoms with Gasteiger partial charge in [0, 0.05) is 24.1 Å². The number of nitrogens with one attached hydrogen (secondary N) is 2. The van der Waals surface area contributed by atoms with Gasteiger partial charge in [-0.15, -0.1) is 0 Å². The van der Waals surface area contributed by atoms with Crippen LogP contribution in [0.15, 0.2) is 22.7 Å². The largest absolute Gasteiger partial charge is 0.481 e. The molecule has 3 aromatic heterocycles. The van der Waals surface area contributed by atoms with E-state index in [1.807, 2.05) is 0 Å². The molecule has 2 unspecified atom stereocenters. The summed E-state index contributed by atoms with van der Waals surface area (Å²) in [4.78, 5) is 12.3. The zero-order chi connectivity index (χ0) is 22.9. The molecule has 4 rings (SSSR count). The molecule has 0 aromatic carbocycles. The first-order chi connectivity index (χ1) is 15.3. The van der Waals surface area contributed by atoms with Crippen molar-refractivity contribution in [1.29, 1.82) is 0 Å². The first kappa shape index (κ1) is 22.4. The minimum absolute atomic E-state index is 0.0292. The summed E-state index contributed by atoms with van der Waals surface area (Å²) in [5.74, 6) is 0.882. The van der Waals surface area contributed by atoms with Crippen LogP contribution in [-0.4, -0.2) is 52.5 Å². The summed E-state index contributed by atoms with van der Waals surface area (Å²) in [6.45, 7) is -1.22. The number of anilines is 2. The van der Waals surface area contributed by atoms with Crippen LogP contribution in [0.1, 0.15) is 19.3 Å². The van der Waals surface area contributed by atoms with Gasteiger partial charge in [-0.1, -0.05) is 11.6 Å². The Hall–Kier alpha value is -2.79. The van der Waals surface area contributed by atoms with E-state index in [9.17, 15) is 18.3 Å². The molecule has 12 heteroatoms. The lowest BCUT2D eigenvalue weighted by molar-refractivity contribution is -0.115. The Morgan fingerprint density at radius 3 is 2.78 bits per heavy atom. The number of pyridine rings is 1. The van der Waals surface area contributed by atoms with E-state index >= 15 is 0 Å². The minimum atomic E-state index is -4.44. The van der Waals surface area contributed by atoms with Crippen LogP contribution in [-0.2, 0) is 0 Å². The van der Waals surface area contributed by atoms with Gasteiger partial charge in [0.05, 0.1) is 18.9 Å². The van der Waals surface area contributed by atoms with E-state index < -0.39 is 12.7 Å². The lowest BCUT2D eigenvalue weighted by atomic mass is 10.1. The molecule has 3 aromatic rings. The standard InChI is InChI=1S/C20H21ClF3N5O3/c1-31-15-6-11-5-13(32-14(11)7-25-15)16-17(21)28-19(26-9-20(22,23)24)29-18(16)27-12-3-2-10(4-12)8-30/h5-7,10,12,30H,2-4,8-9H2,1H3,(H2,26,27,28,29). The Labute approximate surface area is 186 Å². The van der Waals surface area contributed by atoms with Gasteiger partial charge < -0.3 is 24.9 Å². The van der Waals surface area contributed by atoms with Gasteiger partial charge in [0.2, 0.25) is 11.8 Å². The van der Waals surface area contributed by atoms with Crippen LogP contribution in [0.3, 0.4) is 0 Å². The van der Waals surface area contributed by atoms with Crippen LogP contribution in [0.2, 0.25) is 5.15 Å². The summed E-state index contributed by atoms with van der Waals surface area (Å²) in [6.07, 6.45) is -0.630. The van der Waals surface area contributed by atoms with Gasteiger partial charge in [0.25, 0.3) is 0 Å². The van der Waals surface area contributed by atoms with Crippen molar-refractivity contribution in [2.45, 2.75) is 31.5 Å². The van der Waals surface area contributed by atoms with Crippen LogP contribution in [0.4, 0.5) is 24.9 Å². The second-order valence-electron chi connectivity index (χ2n) is 7.61. The molecule has 0 saturated heterocycles. The number of alkyl halides is 3. The summed E-state index contributed by atoms with van der Waals surface area (Å²) in [7, 11) is 1.50. The zero-order valence-electron chi connectivity index (χ0n) is 17.0. The number of methoxy groups -OCH3 is 1. The fourth-order valence-corrected chi connectivity index (χ4v) is 4.00. The molecule has 1 fully saturated rings. The molecule has 3 N–H and O–H groups in total. The van der Waals surface area contributed by atoms with Gasteiger partial charge in [-0.2, -0.15) is 18.2 Å². The van der Waals surface area contributed by atoms with E-state index in [4.69, 9.17) is 20.8 Å². The van der Waals surface area contributed by atoms with Crippen molar-refractivity contribution in [2.24, 2.45) is 5.92 Å². The number of aromatic nitrogens is 3. The first-order valence-electron chi connectivity index (χ1n) is 9.95. The SMILES string of the molecule is COc1cc2cc(-c3c(Cl)nc(NCC(F)(F)F)nc3NC3CCC(CO)C3)oc2cn1. The maximum absolute atomic E-state index is 12.7. The third-order valence-corrected chi connectivity index (χ3v) is 5.56. The van der Waals surface area contributed by atoms with E-state index in [-0.39, 0.29) is 35.5 Å². The molecule has 1 aliphatic rings. The molecule has 3 heterocycles. The molecule has 8 nitrogen and oxygen atoms in total. The first-order valence-corrected chi connectivity index (χ1v) is 10.3. The lowest BCUT2D eigenvalue weighted by Gasteiger charge is -2.18. The molecule has 0 aliphatic heterocycles. The van der Waals surface area contributed by atoms with Crippen LogP contribution in [0.5, 0.6) is 5.88 Å². The second-order valence-corrected chi connectivity index (χ2v) is 7.97. The van der Waals surface area contributed by atoms with Gasteiger partial charge in [-0.3, -0.25) is 0 Å². The highest BCUT2D eigenvalue weighted by molar-refractivity contribution is 6.32. The van der Waals surface area contributed by atoms with E-state index in [0.29, 0.717) is 34.6 Å². The molecular formula is C20H21ClF3N5O3. The van der Waals surface area contributed by atoms with Crippen molar-refractivity contribution in [2.75, 3.05) is 30.9 Å². The molecule has 32 heavy (non-hydrogen) atoms. The Morgan fingerprint density at radius 1 is 1.28 bits per heavy atom. The van der Waals surface area contributed by atoms with Gasteiger partial charge >= 0.3 is 6.18 Å². The maximum atomic E-state index is 12.7. The predicted molar refractivity (Wildman–Crippen MR) is 113 cm³/mol. The van der Waals surface area contributed by atoms with Crippen molar-refractivity contribution in [3.8, 4) is 17.2 Å². The predicted octanol–water partition coefficient (Wildman–Crippen LogP) is 4.49.